The topological polar surface area (TPSA) is 41.6 Å². The molecule has 0 aliphatic carbocycles. The lowest BCUT2D eigenvalue weighted by atomic mass is 10.3. The Morgan fingerprint density at radius 3 is 2.67 bits per heavy atom. The van der Waals surface area contributed by atoms with Crippen molar-refractivity contribution in [1.82, 2.24) is 10.2 Å². The van der Waals surface area contributed by atoms with Crippen LogP contribution in [0.15, 0.2) is 33.3 Å². The van der Waals surface area contributed by atoms with Gasteiger partial charge in [0.15, 0.2) is 0 Å². The average molecular weight is 248 g/mol. The summed E-state index contributed by atoms with van der Waals surface area (Å²) in [4.78, 5) is 2.17. The molecule has 0 saturated carbocycles. The van der Waals surface area contributed by atoms with Gasteiger partial charge in [-0.15, -0.1) is 0 Å². The highest BCUT2D eigenvalue weighted by atomic mass is 16.3. The minimum atomic E-state index is 0.781. The molecule has 0 atom stereocenters. The highest BCUT2D eigenvalue weighted by molar-refractivity contribution is 5.12. The van der Waals surface area contributed by atoms with Crippen LogP contribution in [-0.2, 0) is 19.6 Å². The molecule has 0 aliphatic rings. The average Bonchev–Trinajstić information content (AvgIpc) is 2.89. The fourth-order valence-corrected chi connectivity index (χ4v) is 1.96. The lowest BCUT2D eigenvalue weighted by molar-refractivity contribution is 0.263. The largest absolute Gasteiger partial charge is 0.468 e. The molecular formula is C14H20N2O2. The van der Waals surface area contributed by atoms with Crippen LogP contribution in [0.4, 0.5) is 0 Å². The monoisotopic (exact) mass is 248 g/mol. The van der Waals surface area contributed by atoms with E-state index in [1.807, 2.05) is 26.1 Å². The Labute approximate surface area is 108 Å². The zero-order chi connectivity index (χ0) is 13.0. The Morgan fingerprint density at radius 1 is 1.22 bits per heavy atom. The Morgan fingerprint density at radius 2 is 2.00 bits per heavy atom. The minimum absolute atomic E-state index is 0.781. The molecule has 0 unspecified atom stereocenters. The van der Waals surface area contributed by atoms with E-state index < -0.39 is 0 Å². The Balaban J connectivity index is 1.88. The maximum atomic E-state index is 5.55. The summed E-state index contributed by atoms with van der Waals surface area (Å²) in [6, 6.07) is 6.09. The normalized spacial score (nSPS) is 11.3. The van der Waals surface area contributed by atoms with E-state index in [1.165, 1.54) is 5.56 Å². The molecule has 0 aliphatic heterocycles. The van der Waals surface area contributed by atoms with Crippen molar-refractivity contribution < 1.29 is 8.83 Å². The number of aryl methyl sites for hydroxylation is 1. The molecule has 4 nitrogen and oxygen atoms in total. The molecule has 0 radical (unpaired) electrons. The Kier molecular flexibility index (Phi) is 4.23. The zero-order valence-corrected chi connectivity index (χ0v) is 11.2. The van der Waals surface area contributed by atoms with E-state index in [1.54, 1.807) is 6.26 Å². The summed E-state index contributed by atoms with van der Waals surface area (Å²) in [6.45, 7) is 4.37. The molecule has 1 N–H and O–H groups in total. The van der Waals surface area contributed by atoms with Gasteiger partial charge in [-0.1, -0.05) is 0 Å². The summed E-state index contributed by atoms with van der Waals surface area (Å²) in [5, 5.41) is 3.10. The van der Waals surface area contributed by atoms with Crippen LogP contribution in [-0.4, -0.2) is 19.0 Å². The van der Waals surface area contributed by atoms with Crippen molar-refractivity contribution in [1.29, 1.82) is 0 Å². The first-order valence-corrected chi connectivity index (χ1v) is 6.12. The van der Waals surface area contributed by atoms with Gasteiger partial charge in [0.05, 0.1) is 19.4 Å². The maximum absolute atomic E-state index is 5.55. The van der Waals surface area contributed by atoms with Gasteiger partial charge in [0, 0.05) is 12.1 Å². The lowest BCUT2D eigenvalue weighted by Crippen LogP contribution is -2.16. The molecule has 2 aromatic rings. The van der Waals surface area contributed by atoms with E-state index in [0.29, 0.717) is 0 Å². The Hall–Kier alpha value is -1.52. The third kappa shape index (κ3) is 3.48. The van der Waals surface area contributed by atoms with Crippen LogP contribution < -0.4 is 5.32 Å². The van der Waals surface area contributed by atoms with Crippen LogP contribution in [0, 0.1) is 6.92 Å². The van der Waals surface area contributed by atoms with Crippen molar-refractivity contribution in [3.63, 3.8) is 0 Å². The van der Waals surface area contributed by atoms with Crippen molar-refractivity contribution in [2.45, 2.75) is 26.6 Å². The van der Waals surface area contributed by atoms with E-state index >= 15 is 0 Å². The SMILES string of the molecule is CNCc1coc(CN(C)Cc2ccc(C)o2)c1. The molecule has 0 aromatic carbocycles. The first kappa shape index (κ1) is 12.9. The maximum Gasteiger partial charge on any atom is 0.118 e. The molecule has 0 bridgehead atoms. The third-order valence-electron chi connectivity index (χ3n) is 2.74. The molecule has 0 fully saturated rings. The molecular weight excluding hydrogens is 228 g/mol. The van der Waals surface area contributed by atoms with E-state index in [-0.39, 0.29) is 0 Å². The van der Waals surface area contributed by atoms with E-state index in [4.69, 9.17) is 8.83 Å². The van der Waals surface area contributed by atoms with Gasteiger partial charge < -0.3 is 14.2 Å². The molecule has 2 heterocycles. The number of nitrogens with zero attached hydrogens (tertiary/aromatic N) is 1. The van der Waals surface area contributed by atoms with Crippen molar-refractivity contribution in [2.24, 2.45) is 0 Å². The third-order valence-corrected chi connectivity index (χ3v) is 2.74. The molecule has 2 aromatic heterocycles. The highest BCUT2D eigenvalue weighted by Gasteiger charge is 2.07. The van der Waals surface area contributed by atoms with Gasteiger partial charge in [-0.2, -0.15) is 0 Å². The second-order valence-electron chi connectivity index (χ2n) is 4.64. The number of rotatable bonds is 6. The summed E-state index contributed by atoms with van der Waals surface area (Å²) < 4.78 is 11.1. The van der Waals surface area contributed by atoms with E-state index in [9.17, 15) is 0 Å². The smallest absolute Gasteiger partial charge is 0.118 e. The molecule has 0 spiro atoms. The number of hydrogen-bond donors (Lipinski definition) is 1. The van der Waals surface area contributed by atoms with Gasteiger partial charge in [0.2, 0.25) is 0 Å². The van der Waals surface area contributed by atoms with Crippen LogP contribution in [0.5, 0.6) is 0 Å². The predicted octanol–water partition coefficient (Wildman–Crippen LogP) is 2.53. The second-order valence-corrected chi connectivity index (χ2v) is 4.64. The quantitative estimate of drug-likeness (QED) is 0.853. The summed E-state index contributed by atoms with van der Waals surface area (Å²) in [6.07, 6.45) is 1.80. The van der Waals surface area contributed by atoms with Gasteiger partial charge in [-0.3, -0.25) is 4.90 Å². The first-order valence-electron chi connectivity index (χ1n) is 6.12. The van der Waals surface area contributed by atoms with Crippen molar-refractivity contribution >= 4 is 0 Å². The number of furan rings is 2. The number of nitrogens with one attached hydrogen (secondary N) is 1. The van der Waals surface area contributed by atoms with Gasteiger partial charge in [0.25, 0.3) is 0 Å². The summed E-state index contributed by atoms with van der Waals surface area (Å²) in [5.41, 5.74) is 1.18. The lowest BCUT2D eigenvalue weighted by Gasteiger charge is -2.12. The predicted molar refractivity (Wildman–Crippen MR) is 70.1 cm³/mol. The molecule has 0 saturated heterocycles. The van der Waals surface area contributed by atoms with Crippen LogP contribution in [0.3, 0.4) is 0 Å². The van der Waals surface area contributed by atoms with Crippen LogP contribution in [0.25, 0.3) is 0 Å². The van der Waals surface area contributed by atoms with Gasteiger partial charge in [0.1, 0.15) is 17.3 Å². The Bertz CT molecular complexity index is 487. The molecule has 98 valence electrons. The molecule has 2 rings (SSSR count). The van der Waals surface area contributed by atoms with Gasteiger partial charge >= 0.3 is 0 Å². The minimum Gasteiger partial charge on any atom is -0.468 e. The summed E-state index contributed by atoms with van der Waals surface area (Å²) in [5.74, 6) is 2.91. The van der Waals surface area contributed by atoms with Crippen LogP contribution in [0.2, 0.25) is 0 Å². The van der Waals surface area contributed by atoms with Crippen molar-refractivity contribution in [2.75, 3.05) is 14.1 Å². The highest BCUT2D eigenvalue weighted by Crippen LogP contribution is 2.13. The molecule has 0 amide bonds. The zero-order valence-electron chi connectivity index (χ0n) is 11.2. The fraction of sp³-hybridized carbons (Fsp3) is 0.429. The van der Waals surface area contributed by atoms with Gasteiger partial charge in [-0.05, 0) is 39.2 Å². The molecule has 18 heavy (non-hydrogen) atoms. The first-order chi connectivity index (χ1) is 8.67. The second kappa shape index (κ2) is 5.89. The molecule has 4 heteroatoms. The van der Waals surface area contributed by atoms with Crippen molar-refractivity contribution in [3.05, 3.63) is 47.3 Å². The van der Waals surface area contributed by atoms with Gasteiger partial charge in [-0.25, -0.2) is 0 Å². The van der Waals surface area contributed by atoms with Crippen LogP contribution >= 0.6 is 0 Å². The summed E-state index contributed by atoms with van der Waals surface area (Å²) >= 11 is 0. The van der Waals surface area contributed by atoms with E-state index in [2.05, 4.69) is 23.3 Å². The summed E-state index contributed by atoms with van der Waals surface area (Å²) in [7, 11) is 3.98. The van der Waals surface area contributed by atoms with Crippen LogP contribution in [0.1, 0.15) is 22.8 Å². The van der Waals surface area contributed by atoms with Crippen molar-refractivity contribution in [3.8, 4) is 0 Å². The standard InChI is InChI=1S/C14H20N2O2/c1-11-4-5-13(18-11)8-16(3)9-14-6-12(7-15-2)10-17-14/h4-6,10,15H,7-9H2,1-3H3. The fourth-order valence-electron chi connectivity index (χ4n) is 1.96. The number of hydrogen-bond acceptors (Lipinski definition) is 4. The van der Waals surface area contributed by atoms with E-state index in [0.717, 1.165) is 36.9 Å².